The predicted octanol–water partition coefficient (Wildman–Crippen LogP) is 4.20. The van der Waals surface area contributed by atoms with E-state index in [1.54, 1.807) is 31.3 Å². The molecule has 1 aromatic carbocycles. The van der Waals surface area contributed by atoms with E-state index in [9.17, 15) is 0 Å². The molecule has 0 radical (unpaired) electrons. The van der Waals surface area contributed by atoms with E-state index in [1.807, 2.05) is 12.1 Å². The quantitative estimate of drug-likeness (QED) is 0.585. The molecule has 6 heteroatoms. The van der Waals surface area contributed by atoms with E-state index >= 15 is 0 Å². The van der Waals surface area contributed by atoms with Crippen molar-refractivity contribution in [1.29, 1.82) is 0 Å². The fraction of sp³-hybridized carbons (Fsp3) is 0.350. The summed E-state index contributed by atoms with van der Waals surface area (Å²) in [6.07, 6.45) is 3.55. The van der Waals surface area contributed by atoms with Gasteiger partial charge in [-0.1, -0.05) is 29.5 Å². The first-order chi connectivity index (χ1) is 12.6. The Hall–Kier alpha value is -2.18. The lowest BCUT2D eigenvalue weighted by Gasteiger charge is -2.12. The largest absolute Gasteiger partial charge is 0.383 e. The van der Waals surface area contributed by atoms with Crippen molar-refractivity contribution >= 4 is 11.8 Å². The number of aryl methyl sites for hydroxylation is 3. The molecule has 2 heterocycles. The molecule has 3 rings (SSSR count). The third-order valence-corrected chi connectivity index (χ3v) is 5.35. The van der Waals surface area contributed by atoms with Crippen molar-refractivity contribution < 1.29 is 4.74 Å². The standard InChI is InChI=1S/C20H24N4OS/c1-14-11-15(2)18(16(3)12-14)13-26-20-23-22-19(24(20)9-10-25-4)17-5-7-21-8-6-17/h5-8,11-12H,9-10,13H2,1-4H3. The van der Waals surface area contributed by atoms with Crippen molar-refractivity contribution in [2.45, 2.75) is 38.2 Å². The number of nitrogens with zero attached hydrogens (tertiary/aromatic N) is 4. The summed E-state index contributed by atoms with van der Waals surface area (Å²) in [6.45, 7) is 7.82. The topological polar surface area (TPSA) is 52.8 Å². The molecule has 0 amide bonds. The minimum absolute atomic E-state index is 0.617. The summed E-state index contributed by atoms with van der Waals surface area (Å²) in [5, 5.41) is 9.77. The molecule has 0 fully saturated rings. The SMILES string of the molecule is COCCn1c(SCc2c(C)cc(C)cc2C)nnc1-c1ccncc1. The minimum Gasteiger partial charge on any atom is -0.383 e. The van der Waals surface area contributed by atoms with Crippen LogP contribution in [0.5, 0.6) is 0 Å². The highest BCUT2D eigenvalue weighted by Crippen LogP contribution is 2.28. The van der Waals surface area contributed by atoms with E-state index in [-0.39, 0.29) is 0 Å². The third-order valence-electron chi connectivity index (χ3n) is 4.36. The molecule has 0 N–H and O–H groups in total. The van der Waals surface area contributed by atoms with Crippen LogP contribution in [0, 0.1) is 20.8 Å². The molecule has 3 aromatic rings. The lowest BCUT2D eigenvalue weighted by atomic mass is 10.0. The number of hydrogen-bond donors (Lipinski definition) is 0. The Bertz CT molecular complexity index is 854. The first-order valence-corrected chi connectivity index (χ1v) is 9.60. The van der Waals surface area contributed by atoms with Gasteiger partial charge in [0.2, 0.25) is 0 Å². The molecular weight excluding hydrogens is 344 g/mol. The minimum atomic E-state index is 0.617. The van der Waals surface area contributed by atoms with Gasteiger partial charge in [-0.25, -0.2) is 0 Å². The maximum Gasteiger partial charge on any atom is 0.191 e. The Morgan fingerprint density at radius 1 is 1.04 bits per heavy atom. The Kier molecular flexibility index (Phi) is 6.06. The van der Waals surface area contributed by atoms with Crippen LogP contribution < -0.4 is 0 Å². The summed E-state index contributed by atoms with van der Waals surface area (Å²) in [5.41, 5.74) is 6.34. The molecule has 0 spiro atoms. The average Bonchev–Trinajstić information content (AvgIpc) is 3.02. The number of rotatable bonds is 7. The maximum atomic E-state index is 5.28. The zero-order valence-electron chi connectivity index (χ0n) is 15.7. The van der Waals surface area contributed by atoms with Crippen molar-refractivity contribution in [2.75, 3.05) is 13.7 Å². The number of aromatic nitrogens is 4. The number of hydrogen-bond acceptors (Lipinski definition) is 5. The summed E-state index contributed by atoms with van der Waals surface area (Å²) in [5.74, 6) is 1.73. The number of pyridine rings is 1. The molecule has 5 nitrogen and oxygen atoms in total. The smallest absolute Gasteiger partial charge is 0.191 e. The van der Waals surface area contributed by atoms with Crippen LogP contribution in [0.3, 0.4) is 0 Å². The molecular formula is C20H24N4OS. The van der Waals surface area contributed by atoms with Crippen LogP contribution in [0.4, 0.5) is 0 Å². The fourth-order valence-electron chi connectivity index (χ4n) is 3.07. The number of benzene rings is 1. The summed E-state index contributed by atoms with van der Waals surface area (Å²) < 4.78 is 7.40. The predicted molar refractivity (Wildman–Crippen MR) is 105 cm³/mol. The molecule has 0 saturated heterocycles. The van der Waals surface area contributed by atoms with E-state index in [1.165, 1.54) is 22.3 Å². The highest BCUT2D eigenvalue weighted by atomic mass is 32.2. The zero-order valence-corrected chi connectivity index (χ0v) is 16.5. The molecule has 0 unspecified atom stereocenters. The molecule has 0 aliphatic heterocycles. The van der Waals surface area contributed by atoms with E-state index < -0.39 is 0 Å². The highest BCUT2D eigenvalue weighted by Gasteiger charge is 2.15. The van der Waals surface area contributed by atoms with Crippen LogP contribution >= 0.6 is 11.8 Å². The van der Waals surface area contributed by atoms with Gasteiger partial charge in [0, 0.05) is 30.8 Å². The second kappa shape index (κ2) is 8.47. The van der Waals surface area contributed by atoms with Gasteiger partial charge in [0.25, 0.3) is 0 Å². The van der Waals surface area contributed by atoms with Crippen LogP contribution in [-0.2, 0) is 17.0 Å². The second-order valence-corrected chi connectivity index (χ2v) is 7.29. The molecule has 0 aliphatic rings. The first-order valence-electron chi connectivity index (χ1n) is 8.62. The molecule has 136 valence electrons. The van der Waals surface area contributed by atoms with Gasteiger partial charge < -0.3 is 4.74 Å². The average molecular weight is 369 g/mol. The van der Waals surface area contributed by atoms with Gasteiger partial charge in [-0.15, -0.1) is 10.2 Å². The number of methoxy groups -OCH3 is 1. The summed E-state index contributed by atoms with van der Waals surface area (Å²) >= 11 is 1.72. The van der Waals surface area contributed by atoms with Crippen molar-refractivity contribution in [3.8, 4) is 11.4 Å². The molecule has 0 bridgehead atoms. The van der Waals surface area contributed by atoms with E-state index in [2.05, 4.69) is 52.7 Å². The van der Waals surface area contributed by atoms with Crippen LogP contribution in [0.25, 0.3) is 11.4 Å². The van der Waals surface area contributed by atoms with Crippen LogP contribution in [0.15, 0.2) is 41.8 Å². The Labute approximate surface area is 158 Å². The normalized spacial score (nSPS) is 11.1. The summed E-state index contributed by atoms with van der Waals surface area (Å²) in [6, 6.07) is 8.38. The zero-order chi connectivity index (χ0) is 18.5. The Balaban J connectivity index is 1.87. The molecule has 0 atom stereocenters. The van der Waals surface area contributed by atoms with Crippen molar-refractivity contribution in [1.82, 2.24) is 19.7 Å². The van der Waals surface area contributed by atoms with Crippen LogP contribution in [-0.4, -0.2) is 33.5 Å². The van der Waals surface area contributed by atoms with Gasteiger partial charge in [0.05, 0.1) is 13.2 Å². The van der Waals surface area contributed by atoms with Gasteiger partial charge in [-0.05, 0) is 49.6 Å². The molecule has 2 aromatic heterocycles. The molecule has 0 aliphatic carbocycles. The van der Waals surface area contributed by atoms with Crippen molar-refractivity contribution in [3.63, 3.8) is 0 Å². The molecule has 26 heavy (non-hydrogen) atoms. The monoisotopic (exact) mass is 368 g/mol. The fourth-order valence-corrected chi connectivity index (χ4v) is 4.23. The van der Waals surface area contributed by atoms with Gasteiger partial charge in [0.1, 0.15) is 0 Å². The maximum absolute atomic E-state index is 5.28. The number of thioether (sulfide) groups is 1. The van der Waals surface area contributed by atoms with Crippen LogP contribution in [0.1, 0.15) is 22.3 Å². The molecule has 0 saturated carbocycles. The lowest BCUT2D eigenvalue weighted by molar-refractivity contribution is 0.185. The van der Waals surface area contributed by atoms with Gasteiger partial charge in [-0.3, -0.25) is 9.55 Å². The van der Waals surface area contributed by atoms with E-state index in [0.717, 1.165) is 28.8 Å². The Morgan fingerprint density at radius 3 is 2.38 bits per heavy atom. The van der Waals surface area contributed by atoms with E-state index in [0.29, 0.717) is 6.61 Å². The summed E-state index contributed by atoms with van der Waals surface area (Å²) in [7, 11) is 1.71. The third kappa shape index (κ3) is 4.14. The Morgan fingerprint density at radius 2 is 1.73 bits per heavy atom. The van der Waals surface area contributed by atoms with Gasteiger partial charge in [0.15, 0.2) is 11.0 Å². The van der Waals surface area contributed by atoms with Crippen molar-refractivity contribution in [3.05, 3.63) is 58.9 Å². The second-order valence-electron chi connectivity index (χ2n) is 6.35. The van der Waals surface area contributed by atoms with Crippen LogP contribution in [0.2, 0.25) is 0 Å². The van der Waals surface area contributed by atoms with Gasteiger partial charge in [-0.2, -0.15) is 0 Å². The van der Waals surface area contributed by atoms with E-state index in [4.69, 9.17) is 4.74 Å². The number of ether oxygens (including phenoxy) is 1. The summed E-state index contributed by atoms with van der Waals surface area (Å²) in [4.78, 5) is 4.08. The van der Waals surface area contributed by atoms with Gasteiger partial charge >= 0.3 is 0 Å². The van der Waals surface area contributed by atoms with Crippen molar-refractivity contribution in [2.24, 2.45) is 0 Å². The first kappa shape index (κ1) is 18.6. The highest BCUT2D eigenvalue weighted by molar-refractivity contribution is 7.98. The lowest BCUT2D eigenvalue weighted by Crippen LogP contribution is -2.07.